The first-order valence-corrected chi connectivity index (χ1v) is 7.07. The summed E-state index contributed by atoms with van der Waals surface area (Å²) in [6.45, 7) is 10.2. The van der Waals surface area contributed by atoms with Crippen LogP contribution in [-0.4, -0.2) is 29.9 Å². The third-order valence-electron chi connectivity index (χ3n) is 2.92. The van der Waals surface area contributed by atoms with Crippen LogP contribution in [0.2, 0.25) is 0 Å². The summed E-state index contributed by atoms with van der Waals surface area (Å²) in [6.07, 6.45) is 5.17. The summed E-state index contributed by atoms with van der Waals surface area (Å²) in [5, 5.41) is 0. The highest BCUT2D eigenvalue weighted by Gasteiger charge is 2.20. The van der Waals surface area contributed by atoms with E-state index in [4.69, 9.17) is 5.73 Å². The van der Waals surface area contributed by atoms with Crippen LogP contribution in [0.15, 0.2) is 0 Å². The van der Waals surface area contributed by atoms with Gasteiger partial charge in [0.15, 0.2) is 0 Å². The number of hydrogen-bond donors (Lipinski definition) is 1. The molecule has 17 heavy (non-hydrogen) atoms. The van der Waals surface area contributed by atoms with E-state index in [1.54, 1.807) is 0 Å². The molecule has 102 valence electrons. The van der Waals surface area contributed by atoms with Crippen LogP contribution in [0.1, 0.15) is 59.8 Å². The number of amides is 1. The zero-order valence-corrected chi connectivity index (χ0v) is 12.0. The lowest BCUT2D eigenvalue weighted by Gasteiger charge is -2.26. The predicted octanol–water partition coefficient (Wildman–Crippen LogP) is 2.79. The Morgan fingerprint density at radius 3 is 1.94 bits per heavy atom. The van der Waals surface area contributed by atoms with E-state index in [9.17, 15) is 4.79 Å². The van der Waals surface area contributed by atoms with Gasteiger partial charge in [-0.05, 0) is 25.2 Å². The highest BCUT2D eigenvalue weighted by Crippen LogP contribution is 2.08. The molecule has 0 saturated carbocycles. The van der Waals surface area contributed by atoms with Crippen LogP contribution in [0.5, 0.6) is 0 Å². The molecule has 2 N–H and O–H groups in total. The largest absolute Gasteiger partial charge is 0.341 e. The molecule has 0 aromatic heterocycles. The minimum absolute atomic E-state index is 0.139. The fourth-order valence-corrected chi connectivity index (χ4v) is 1.87. The highest BCUT2D eigenvalue weighted by molar-refractivity contribution is 5.81. The van der Waals surface area contributed by atoms with Gasteiger partial charge in [0.05, 0.1) is 6.04 Å². The SMILES string of the molecule is CCCCN(CCCC)C(=O)[C@H](N)CC(C)C. The molecule has 0 fully saturated rings. The Labute approximate surface area is 107 Å². The van der Waals surface area contributed by atoms with Crippen LogP contribution in [0.4, 0.5) is 0 Å². The Hall–Kier alpha value is -0.570. The molecule has 0 aliphatic carbocycles. The van der Waals surface area contributed by atoms with E-state index in [1.807, 2.05) is 4.90 Å². The van der Waals surface area contributed by atoms with Gasteiger partial charge in [-0.2, -0.15) is 0 Å². The second kappa shape index (κ2) is 9.46. The molecule has 0 spiro atoms. The van der Waals surface area contributed by atoms with Crippen molar-refractivity contribution >= 4 is 5.91 Å². The van der Waals surface area contributed by atoms with Crippen LogP contribution in [-0.2, 0) is 4.79 Å². The average Bonchev–Trinajstić information content (AvgIpc) is 2.27. The van der Waals surface area contributed by atoms with E-state index < -0.39 is 0 Å². The van der Waals surface area contributed by atoms with Crippen molar-refractivity contribution in [3.8, 4) is 0 Å². The van der Waals surface area contributed by atoms with Gasteiger partial charge < -0.3 is 10.6 Å². The van der Waals surface area contributed by atoms with Crippen molar-refractivity contribution in [3.63, 3.8) is 0 Å². The third kappa shape index (κ3) is 7.37. The summed E-state index contributed by atoms with van der Waals surface area (Å²) in [5.74, 6) is 0.619. The fourth-order valence-electron chi connectivity index (χ4n) is 1.87. The number of rotatable bonds is 9. The summed E-state index contributed by atoms with van der Waals surface area (Å²) in [5.41, 5.74) is 5.97. The fraction of sp³-hybridized carbons (Fsp3) is 0.929. The Morgan fingerprint density at radius 2 is 1.59 bits per heavy atom. The first kappa shape index (κ1) is 16.4. The molecule has 3 heteroatoms. The van der Waals surface area contributed by atoms with E-state index in [2.05, 4.69) is 27.7 Å². The average molecular weight is 242 g/mol. The zero-order valence-electron chi connectivity index (χ0n) is 12.0. The standard InChI is InChI=1S/C14H30N2O/c1-5-7-9-16(10-8-6-2)14(17)13(15)11-12(3)4/h12-13H,5-11,15H2,1-4H3/t13-/m1/s1. The molecule has 0 bridgehead atoms. The van der Waals surface area contributed by atoms with Gasteiger partial charge >= 0.3 is 0 Å². The normalized spacial score (nSPS) is 12.8. The minimum Gasteiger partial charge on any atom is -0.341 e. The molecule has 0 aromatic carbocycles. The summed E-state index contributed by atoms with van der Waals surface area (Å²) in [6, 6.07) is -0.316. The Balaban J connectivity index is 4.28. The van der Waals surface area contributed by atoms with Gasteiger partial charge in [-0.3, -0.25) is 4.79 Å². The second-order valence-corrected chi connectivity index (χ2v) is 5.27. The summed E-state index contributed by atoms with van der Waals surface area (Å²) >= 11 is 0. The number of carbonyl (C=O) groups is 1. The molecule has 0 aliphatic rings. The van der Waals surface area contributed by atoms with Crippen molar-refractivity contribution in [3.05, 3.63) is 0 Å². The molecule has 0 saturated heterocycles. The number of unbranched alkanes of at least 4 members (excludes halogenated alkanes) is 2. The molecule has 1 amide bonds. The monoisotopic (exact) mass is 242 g/mol. The van der Waals surface area contributed by atoms with Crippen LogP contribution in [0, 0.1) is 5.92 Å². The van der Waals surface area contributed by atoms with E-state index in [-0.39, 0.29) is 11.9 Å². The topological polar surface area (TPSA) is 46.3 Å². The predicted molar refractivity (Wildman–Crippen MR) is 73.8 cm³/mol. The number of carbonyl (C=O) groups excluding carboxylic acids is 1. The number of hydrogen-bond acceptors (Lipinski definition) is 2. The summed E-state index contributed by atoms with van der Waals surface area (Å²) < 4.78 is 0. The third-order valence-corrected chi connectivity index (χ3v) is 2.92. The molecule has 0 unspecified atom stereocenters. The molecule has 0 radical (unpaired) electrons. The molecule has 0 heterocycles. The zero-order chi connectivity index (χ0) is 13.3. The maximum Gasteiger partial charge on any atom is 0.239 e. The van der Waals surface area contributed by atoms with Gasteiger partial charge in [-0.15, -0.1) is 0 Å². The van der Waals surface area contributed by atoms with E-state index in [1.165, 1.54) is 0 Å². The second-order valence-electron chi connectivity index (χ2n) is 5.27. The van der Waals surface area contributed by atoms with Crippen molar-refractivity contribution in [1.82, 2.24) is 4.90 Å². The van der Waals surface area contributed by atoms with E-state index in [0.29, 0.717) is 5.92 Å². The van der Waals surface area contributed by atoms with Crippen molar-refractivity contribution < 1.29 is 4.79 Å². The number of nitrogens with two attached hydrogens (primary N) is 1. The molecule has 1 atom stereocenters. The summed E-state index contributed by atoms with van der Waals surface area (Å²) in [7, 11) is 0. The minimum atomic E-state index is -0.316. The van der Waals surface area contributed by atoms with Crippen molar-refractivity contribution in [2.75, 3.05) is 13.1 Å². The quantitative estimate of drug-likeness (QED) is 0.676. The molecular formula is C14H30N2O. The van der Waals surface area contributed by atoms with Gasteiger partial charge in [0.25, 0.3) is 0 Å². The lowest BCUT2D eigenvalue weighted by molar-refractivity contribution is -0.133. The van der Waals surface area contributed by atoms with Gasteiger partial charge in [-0.25, -0.2) is 0 Å². The van der Waals surface area contributed by atoms with Crippen molar-refractivity contribution in [2.45, 2.75) is 65.8 Å². The van der Waals surface area contributed by atoms with Gasteiger partial charge in [0.1, 0.15) is 0 Å². The first-order valence-electron chi connectivity index (χ1n) is 7.07. The first-order chi connectivity index (χ1) is 8.02. The lowest BCUT2D eigenvalue weighted by Crippen LogP contribution is -2.45. The van der Waals surface area contributed by atoms with Crippen molar-refractivity contribution in [2.24, 2.45) is 11.7 Å². The molecule has 3 nitrogen and oxygen atoms in total. The van der Waals surface area contributed by atoms with Crippen LogP contribution in [0.25, 0.3) is 0 Å². The molecule has 0 aliphatic heterocycles. The van der Waals surface area contributed by atoms with Gasteiger partial charge in [0.2, 0.25) is 5.91 Å². The summed E-state index contributed by atoms with van der Waals surface area (Å²) in [4.78, 5) is 14.1. The van der Waals surface area contributed by atoms with Crippen LogP contribution in [0.3, 0.4) is 0 Å². The van der Waals surface area contributed by atoms with Crippen molar-refractivity contribution in [1.29, 1.82) is 0 Å². The molecule has 0 aromatic rings. The maximum atomic E-state index is 12.2. The van der Waals surface area contributed by atoms with Gasteiger partial charge in [-0.1, -0.05) is 40.5 Å². The Bertz CT molecular complexity index is 196. The van der Waals surface area contributed by atoms with Crippen LogP contribution >= 0.6 is 0 Å². The maximum absolute atomic E-state index is 12.2. The molecule has 0 rings (SSSR count). The van der Waals surface area contributed by atoms with E-state index in [0.717, 1.165) is 45.2 Å². The van der Waals surface area contributed by atoms with Gasteiger partial charge in [0, 0.05) is 13.1 Å². The number of nitrogens with zero attached hydrogens (tertiary/aromatic N) is 1. The highest BCUT2D eigenvalue weighted by atomic mass is 16.2. The molecular weight excluding hydrogens is 212 g/mol. The Morgan fingerprint density at radius 1 is 1.12 bits per heavy atom. The lowest BCUT2D eigenvalue weighted by atomic mass is 10.0. The smallest absolute Gasteiger partial charge is 0.239 e. The van der Waals surface area contributed by atoms with Crippen LogP contribution < -0.4 is 5.73 Å². The van der Waals surface area contributed by atoms with E-state index >= 15 is 0 Å². The Kier molecular flexibility index (Phi) is 9.14.